The zero-order valence-corrected chi connectivity index (χ0v) is 5.75. The molecule has 2 heterocycles. The molecule has 2 aliphatic heterocycles. The Morgan fingerprint density at radius 3 is 2.45 bits per heavy atom. The maximum absolute atomic E-state index is 9.28. The van der Waals surface area contributed by atoms with Gasteiger partial charge in [-0.1, -0.05) is 0 Å². The molecule has 0 aromatic rings. The normalized spacial score (nSPS) is 55.4. The molecule has 1 unspecified atom stereocenters. The van der Waals surface area contributed by atoms with E-state index >= 15 is 0 Å². The Hall–Kier alpha value is -0.200. The van der Waals surface area contributed by atoms with Gasteiger partial charge in [0.2, 0.25) is 0 Å². The van der Waals surface area contributed by atoms with Crippen molar-refractivity contribution in [1.82, 2.24) is 0 Å². The molecule has 0 spiro atoms. The average Bonchev–Trinajstić information content (AvgIpc) is 2.75. The minimum Gasteiger partial charge on any atom is -0.394 e. The summed E-state index contributed by atoms with van der Waals surface area (Å²) in [6.07, 6.45) is -3.27. The Kier molecular flexibility index (Phi) is 1.62. The van der Waals surface area contributed by atoms with Gasteiger partial charge in [0.25, 0.3) is 0 Å². The summed E-state index contributed by atoms with van der Waals surface area (Å²) in [5, 5.41) is 27.0. The zero-order chi connectivity index (χ0) is 8.01. The largest absolute Gasteiger partial charge is 0.394 e. The number of hydrogen-bond donors (Lipinski definition) is 3. The van der Waals surface area contributed by atoms with Crippen LogP contribution in [0.1, 0.15) is 0 Å². The van der Waals surface area contributed by atoms with E-state index in [-0.39, 0.29) is 12.7 Å². The van der Waals surface area contributed by atoms with Crippen LogP contribution in [0.2, 0.25) is 0 Å². The topological polar surface area (TPSA) is 82.5 Å². The van der Waals surface area contributed by atoms with Crippen LogP contribution in [0.25, 0.3) is 0 Å². The summed E-state index contributed by atoms with van der Waals surface area (Å²) in [6.45, 7) is -0.301. The SMILES string of the molecule is OC[C@H]1OC(O)[C@@H]2O[C@@H]2[C@@H]1O. The van der Waals surface area contributed by atoms with Gasteiger partial charge in [0, 0.05) is 0 Å². The van der Waals surface area contributed by atoms with E-state index in [4.69, 9.17) is 19.7 Å². The standard InChI is InChI=1S/C6H10O5/c7-1-2-3(8)4-5(11-4)6(9)10-2/h2-9H,1H2/t2-,3-,4-,5-,6?/m1/s1. The lowest BCUT2D eigenvalue weighted by molar-refractivity contribution is -0.194. The third-order valence-corrected chi connectivity index (χ3v) is 2.05. The number of aliphatic hydroxyl groups is 3. The van der Waals surface area contributed by atoms with Crippen LogP contribution in [0.4, 0.5) is 0 Å². The van der Waals surface area contributed by atoms with E-state index in [1.807, 2.05) is 0 Å². The van der Waals surface area contributed by atoms with E-state index in [1.165, 1.54) is 0 Å². The van der Waals surface area contributed by atoms with E-state index in [9.17, 15) is 5.11 Å². The van der Waals surface area contributed by atoms with E-state index in [0.717, 1.165) is 0 Å². The predicted molar refractivity (Wildman–Crippen MR) is 32.6 cm³/mol. The van der Waals surface area contributed by atoms with Crippen LogP contribution >= 0.6 is 0 Å². The number of ether oxygens (including phenoxy) is 2. The summed E-state index contributed by atoms with van der Waals surface area (Å²) < 4.78 is 9.73. The van der Waals surface area contributed by atoms with Crippen LogP contribution in [0, 0.1) is 0 Å². The van der Waals surface area contributed by atoms with Crippen molar-refractivity contribution in [3.05, 3.63) is 0 Å². The summed E-state index contributed by atoms with van der Waals surface area (Å²) in [6, 6.07) is 0. The number of fused-ring (bicyclic) bond motifs is 1. The van der Waals surface area contributed by atoms with Gasteiger partial charge in [-0.05, 0) is 0 Å². The van der Waals surface area contributed by atoms with Gasteiger partial charge in [-0.2, -0.15) is 0 Å². The second-order valence-corrected chi connectivity index (χ2v) is 2.80. The molecule has 5 nitrogen and oxygen atoms in total. The van der Waals surface area contributed by atoms with Crippen LogP contribution in [0.3, 0.4) is 0 Å². The van der Waals surface area contributed by atoms with E-state index in [2.05, 4.69) is 0 Å². The number of epoxide rings is 1. The maximum Gasteiger partial charge on any atom is 0.184 e. The molecule has 2 rings (SSSR count). The molecular formula is C6H10O5. The highest BCUT2D eigenvalue weighted by molar-refractivity contribution is 4.99. The van der Waals surface area contributed by atoms with Gasteiger partial charge < -0.3 is 24.8 Å². The Labute approximate surface area is 63.2 Å². The molecule has 0 radical (unpaired) electrons. The minimum absolute atomic E-state index is 0.301. The van der Waals surface area contributed by atoms with Crippen LogP contribution in [-0.2, 0) is 9.47 Å². The molecule has 0 amide bonds. The van der Waals surface area contributed by atoms with Crippen molar-refractivity contribution >= 4 is 0 Å². The van der Waals surface area contributed by atoms with Gasteiger partial charge in [0.1, 0.15) is 24.4 Å². The molecule has 0 bridgehead atoms. The highest BCUT2D eigenvalue weighted by Crippen LogP contribution is 2.36. The molecule has 11 heavy (non-hydrogen) atoms. The summed E-state index contributed by atoms with van der Waals surface area (Å²) in [7, 11) is 0. The number of hydrogen-bond acceptors (Lipinski definition) is 5. The fourth-order valence-corrected chi connectivity index (χ4v) is 1.34. The lowest BCUT2D eigenvalue weighted by Gasteiger charge is -2.26. The third kappa shape index (κ3) is 1.05. The summed E-state index contributed by atoms with van der Waals surface area (Å²) in [5.74, 6) is 0. The van der Waals surface area contributed by atoms with Crippen LogP contribution in [0.15, 0.2) is 0 Å². The molecule has 5 heteroatoms. The average molecular weight is 162 g/mol. The summed E-state index contributed by atoms with van der Waals surface area (Å²) in [4.78, 5) is 0. The van der Waals surface area contributed by atoms with Gasteiger partial charge in [-0.3, -0.25) is 0 Å². The van der Waals surface area contributed by atoms with Crippen molar-refractivity contribution in [2.45, 2.75) is 30.7 Å². The van der Waals surface area contributed by atoms with Crippen molar-refractivity contribution in [1.29, 1.82) is 0 Å². The summed E-state index contributed by atoms with van der Waals surface area (Å²) in [5.41, 5.74) is 0. The molecule has 2 fully saturated rings. The van der Waals surface area contributed by atoms with Crippen molar-refractivity contribution in [2.75, 3.05) is 6.61 Å². The van der Waals surface area contributed by atoms with Crippen molar-refractivity contribution < 1.29 is 24.8 Å². The van der Waals surface area contributed by atoms with Crippen LogP contribution < -0.4 is 0 Å². The fraction of sp³-hybridized carbons (Fsp3) is 1.00. The minimum atomic E-state index is -0.999. The Bertz CT molecular complexity index is 161. The molecule has 0 aromatic heterocycles. The fourth-order valence-electron chi connectivity index (χ4n) is 1.34. The number of aliphatic hydroxyl groups excluding tert-OH is 3. The highest BCUT2D eigenvalue weighted by Gasteiger charge is 2.56. The third-order valence-electron chi connectivity index (χ3n) is 2.05. The monoisotopic (exact) mass is 162 g/mol. The predicted octanol–water partition coefficient (Wildman–Crippen LogP) is -2.18. The van der Waals surface area contributed by atoms with E-state index < -0.39 is 24.6 Å². The smallest absolute Gasteiger partial charge is 0.184 e. The Morgan fingerprint density at radius 1 is 1.09 bits per heavy atom. The first kappa shape index (κ1) is 7.45. The lowest BCUT2D eigenvalue weighted by Crippen LogP contribution is -2.46. The first-order valence-corrected chi connectivity index (χ1v) is 3.52. The van der Waals surface area contributed by atoms with Crippen LogP contribution in [-0.4, -0.2) is 52.6 Å². The van der Waals surface area contributed by atoms with Gasteiger partial charge in [-0.25, -0.2) is 0 Å². The van der Waals surface area contributed by atoms with Gasteiger partial charge in [-0.15, -0.1) is 0 Å². The van der Waals surface area contributed by atoms with Crippen molar-refractivity contribution in [2.24, 2.45) is 0 Å². The van der Waals surface area contributed by atoms with E-state index in [0.29, 0.717) is 0 Å². The second kappa shape index (κ2) is 2.40. The molecule has 2 saturated heterocycles. The molecule has 3 N–H and O–H groups in total. The number of rotatable bonds is 1. The van der Waals surface area contributed by atoms with Gasteiger partial charge in [0.15, 0.2) is 6.29 Å². The zero-order valence-electron chi connectivity index (χ0n) is 5.75. The molecule has 5 atom stereocenters. The maximum atomic E-state index is 9.28. The molecule has 0 aliphatic carbocycles. The quantitative estimate of drug-likeness (QED) is 0.382. The van der Waals surface area contributed by atoms with Gasteiger partial charge in [0.05, 0.1) is 6.61 Å². The molecule has 64 valence electrons. The molecule has 0 aromatic carbocycles. The summed E-state index contributed by atoms with van der Waals surface area (Å²) >= 11 is 0. The van der Waals surface area contributed by atoms with Crippen LogP contribution in [0.5, 0.6) is 0 Å². The molecular weight excluding hydrogens is 152 g/mol. The van der Waals surface area contributed by atoms with Crippen molar-refractivity contribution in [3.8, 4) is 0 Å². The lowest BCUT2D eigenvalue weighted by atomic mass is 10.1. The van der Waals surface area contributed by atoms with Crippen molar-refractivity contribution in [3.63, 3.8) is 0 Å². The molecule has 0 saturated carbocycles. The Balaban J connectivity index is 2.02. The first-order valence-electron chi connectivity index (χ1n) is 3.52. The van der Waals surface area contributed by atoms with E-state index in [1.54, 1.807) is 0 Å². The Morgan fingerprint density at radius 2 is 1.82 bits per heavy atom. The second-order valence-electron chi connectivity index (χ2n) is 2.80. The first-order chi connectivity index (χ1) is 5.24. The van der Waals surface area contributed by atoms with Gasteiger partial charge >= 0.3 is 0 Å². The highest BCUT2D eigenvalue weighted by atomic mass is 16.7. The molecule has 2 aliphatic rings.